The Labute approximate surface area is 125 Å². The van der Waals surface area contributed by atoms with Crippen LogP contribution in [0.15, 0.2) is 24.3 Å². The van der Waals surface area contributed by atoms with Crippen LogP contribution in [0.3, 0.4) is 0 Å². The summed E-state index contributed by atoms with van der Waals surface area (Å²) < 4.78 is 7.43. The lowest BCUT2D eigenvalue weighted by Gasteiger charge is -2.25. The summed E-state index contributed by atoms with van der Waals surface area (Å²) in [6.07, 6.45) is 4.31. The van der Waals surface area contributed by atoms with Crippen molar-refractivity contribution in [1.29, 1.82) is 0 Å². The average Bonchev–Trinajstić information content (AvgIpc) is 2.73. The van der Waals surface area contributed by atoms with Gasteiger partial charge in [0.1, 0.15) is 0 Å². The smallest absolute Gasteiger partial charge is 0.0738 e. The molecule has 0 atom stereocenters. The van der Waals surface area contributed by atoms with Crippen LogP contribution in [-0.4, -0.2) is 12.1 Å². The van der Waals surface area contributed by atoms with Gasteiger partial charge in [0, 0.05) is 27.7 Å². The molecule has 1 saturated carbocycles. The van der Waals surface area contributed by atoms with Crippen LogP contribution in [-0.2, 0) is 17.9 Å². The normalized spacial score (nSPS) is 15.9. The minimum Gasteiger partial charge on any atom is -0.373 e. The maximum Gasteiger partial charge on any atom is 0.0738 e. The van der Waals surface area contributed by atoms with Crippen LogP contribution in [0.5, 0.6) is 0 Å². The van der Waals surface area contributed by atoms with Gasteiger partial charge in [-0.2, -0.15) is 0 Å². The number of hydrogen-bond donors (Lipinski definition) is 1. The van der Waals surface area contributed by atoms with Gasteiger partial charge in [-0.3, -0.25) is 0 Å². The molecule has 0 saturated heterocycles. The molecular weight excluding hydrogens is 266 g/mol. The van der Waals surface area contributed by atoms with E-state index in [9.17, 15) is 0 Å². The first-order chi connectivity index (χ1) is 9.74. The van der Waals surface area contributed by atoms with Crippen molar-refractivity contribution in [3.63, 3.8) is 0 Å². The van der Waals surface area contributed by atoms with Crippen LogP contribution in [0, 0.1) is 0 Å². The average molecular weight is 289 g/mol. The summed E-state index contributed by atoms with van der Waals surface area (Å²) in [5.74, 6) is 0. The van der Waals surface area contributed by atoms with E-state index in [1.54, 1.807) is 0 Å². The molecule has 1 heterocycles. The van der Waals surface area contributed by atoms with Gasteiger partial charge in [-0.25, -0.2) is 0 Å². The highest BCUT2D eigenvalue weighted by Gasteiger charge is 2.20. The van der Waals surface area contributed by atoms with E-state index in [0.29, 0.717) is 12.1 Å². The molecule has 0 amide bonds. The highest BCUT2D eigenvalue weighted by atomic mass is 32.1. The zero-order chi connectivity index (χ0) is 13.9. The fourth-order valence-corrected chi connectivity index (χ4v) is 3.65. The molecule has 20 heavy (non-hydrogen) atoms. The third kappa shape index (κ3) is 3.05. The van der Waals surface area contributed by atoms with Crippen LogP contribution in [0.1, 0.15) is 43.6 Å². The minimum atomic E-state index is 0.500. The Kier molecular flexibility index (Phi) is 4.39. The summed E-state index contributed by atoms with van der Waals surface area (Å²) in [4.78, 5) is 1.43. The summed E-state index contributed by atoms with van der Waals surface area (Å²) in [7, 11) is 0. The Morgan fingerprint density at radius 2 is 2.10 bits per heavy atom. The Hall–Kier alpha value is -0.900. The molecule has 0 bridgehead atoms. The van der Waals surface area contributed by atoms with E-state index in [2.05, 4.69) is 43.4 Å². The summed E-state index contributed by atoms with van der Waals surface area (Å²) in [5.41, 5.74) is 1.39. The quantitative estimate of drug-likeness (QED) is 0.847. The topological polar surface area (TPSA) is 21.3 Å². The zero-order valence-electron chi connectivity index (χ0n) is 12.3. The number of ether oxygens (including phenoxy) is 1. The molecular formula is C17H23NOS. The standard InChI is InChI=1S/C17H23NOS/c1-12(2)18-10-17-15(11-19-13-6-5-7-13)14-8-3-4-9-16(14)20-17/h3-4,8-9,12-13,18H,5-7,10-11H2,1-2H3. The number of hydrogen-bond acceptors (Lipinski definition) is 3. The van der Waals surface area contributed by atoms with Crippen molar-refractivity contribution in [1.82, 2.24) is 5.32 Å². The SMILES string of the molecule is CC(C)NCc1sc2ccccc2c1COC1CCC1. The highest BCUT2D eigenvalue weighted by molar-refractivity contribution is 7.19. The van der Waals surface area contributed by atoms with Gasteiger partial charge >= 0.3 is 0 Å². The molecule has 3 heteroatoms. The summed E-state index contributed by atoms with van der Waals surface area (Å²) in [6, 6.07) is 9.20. The highest BCUT2D eigenvalue weighted by Crippen LogP contribution is 2.33. The van der Waals surface area contributed by atoms with E-state index < -0.39 is 0 Å². The van der Waals surface area contributed by atoms with Gasteiger partial charge in [0.05, 0.1) is 12.7 Å². The lowest BCUT2D eigenvalue weighted by Crippen LogP contribution is -2.23. The second-order valence-corrected chi connectivity index (χ2v) is 7.04. The van der Waals surface area contributed by atoms with Crippen LogP contribution in [0.4, 0.5) is 0 Å². The van der Waals surface area contributed by atoms with Gasteiger partial charge in [-0.15, -0.1) is 11.3 Å². The predicted molar refractivity (Wildman–Crippen MR) is 86.2 cm³/mol. The zero-order valence-corrected chi connectivity index (χ0v) is 13.1. The molecule has 2 aromatic rings. The van der Waals surface area contributed by atoms with E-state index in [1.165, 1.54) is 39.8 Å². The lowest BCUT2D eigenvalue weighted by molar-refractivity contribution is -0.00833. The molecule has 1 aromatic heterocycles. The van der Waals surface area contributed by atoms with Crippen molar-refractivity contribution in [2.24, 2.45) is 0 Å². The Balaban J connectivity index is 1.82. The first-order valence-electron chi connectivity index (χ1n) is 7.58. The third-order valence-corrected chi connectivity index (χ3v) is 5.18. The lowest BCUT2D eigenvalue weighted by atomic mass is 9.96. The van der Waals surface area contributed by atoms with Crippen LogP contribution in [0.2, 0.25) is 0 Å². The number of nitrogens with one attached hydrogen (secondary N) is 1. The van der Waals surface area contributed by atoms with Crippen LogP contribution < -0.4 is 5.32 Å². The second kappa shape index (κ2) is 6.25. The van der Waals surface area contributed by atoms with Crippen molar-refractivity contribution in [3.8, 4) is 0 Å². The van der Waals surface area contributed by atoms with Crippen molar-refractivity contribution in [3.05, 3.63) is 34.7 Å². The Morgan fingerprint density at radius 3 is 2.80 bits per heavy atom. The van der Waals surface area contributed by atoms with E-state index in [4.69, 9.17) is 4.74 Å². The number of thiophene rings is 1. The Morgan fingerprint density at radius 1 is 1.30 bits per heavy atom. The second-order valence-electron chi connectivity index (χ2n) is 5.90. The van der Waals surface area contributed by atoms with Gasteiger partial charge in [0.15, 0.2) is 0 Å². The van der Waals surface area contributed by atoms with Crippen molar-refractivity contribution >= 4 is 21.4 Å². The molecule has 3 rings (SSSR count). The largest absolute Gasteiger partial charge is 0.373 e. The molecule has 0 aliphatic heterocycles. The first kappa shape index (κ1) is 14.1. The first-order valence-corrected chi connectivity index (χ1v) is 8.40. The monoisotopic (exact) mass is 289 g/mol. The number of benzene rings is 1. The molecule has 108 valence electrons. The third-order valence-electron chi connectivity index (χ3n) is 3.97. The van der Waals surface area contributed by atoms with Gasteiger partial charge < -0.3 is 10.1 Å². The predicted octanol–water partition coefficient (Wildman–Crippen LogP) is 4.47. The maximum atomic E-state index is 6.06. The van der Waals surface area contributed by atoms with Gasteiger partial charge in [0.25, 0.3) is 0 Å². The van der Waals surface area contributed by atoms with E-state index in [-0.39, 0.29) is 0 Å². The minimum absolute atomic E-state index is 0.500. The fraction of sp³-hybridized carbons (Fsp3) is 0.529. The number of fused-ring (bicyclic) bond motifs is 1. The molecule has 1 N–H and O–H groups in total. The van der Waals surface area contributed by atoms with Crippen molar-refractivity contribution < 1.29 is 4.74 Å². The van der Waals surface area contributed by atoms with Crippen LogP contribution in [0.25, 0.3) is 10.1 Å². The fourth-order valence-electron chi connectivity index (χ4n) is 2.49. The molecule has 1 aliphatic rings. The van der Waals surface area contributed by atoms with Gasteiger partial charge in [-0.1, -0.05) is 32.0 Å². The van der Waals surface area contributed by atoms with Crippen molar-refractivity contribution in [2.75, 3.05) is 0 Å². The summed E-state index contributed by atoms with van der Waals surface area (Å²) >= 11 is 1.90. The van der Waals surface area contributed by atoms with Gasteiger partial charge in [0.2, 0.25) is 0 Å². The summed E-state index contributed by atoms with van der Waals surface area (Å²) in [6.45, 7) is 6.10. The molecule has 0 radical (unpaired) electrons. The summed E-state index contributed by atoms with van der Waals surface area (Å²) in [5, 5.41) is 4.91. The maximum absolute atomic E-state index is 6.06. The molecule has 2 nitrogen and oxygen atoms in total. The number of rotatable bonds is 6. The molecule has 0 spiro atoms. The van der Waals surface area contributed by atoms with Crippen molar-refractivity contribution in [2.45, 2.75) is 58.4 Å². The molecule has 1 aliphatic carbocycles. The Bertz CT molecular complexity index is 571. The van der Waals surface area contributed by atoms with E-state index in [0.717, 1.165) is 13.2 Å². The van der Waals surface area contributed by atoms with Crippen LogP contribution >= 0.6 is 11.3 Å². The van der Waals surface area contributed by atoms with Gasteiger partial charge in [-0.05, 0) is 30.7 Å². The molecule has 1 fully saturated rings. The molecule has 1 aromatic carbocycles. The van der Waals surface area contributed by atoms with E-state index in [1.807, 2.05) is 11.3 Å². The van der Waals surface area contributed by atoms with E-state index >= 15 is 0 Å². The molecule has 0 unspecified atom stereocenters.